The number of hydrogen-bond donors (Lipinski definition) is 2. The molecule has 23 heavy (non-hydrogen) atoms. The van der Waals surface area contributed by atoms with Crippen LogP contribution in [0.15, 0.2) is 54.6 Å². The Morgan fingerprint density at radius 3 is 2.35 bits per heavy atom. The van der Waals surface area contributed by atoms with E-state index < -0.39 is 12.1 Å². The van der Waals surface area contributed by atoms with Crippen molar-refractivity contribution in [2.24, 2.45) is 0 Å². The van der Waals surface area contributed by atoms with Crippen molar-refractivity contribution in [3.05, 3.63) is 65.7 Å². The van der Waals surface area contributed by atoms with Crippen LogP contribution in [0, 0.1) is 0 Å². The van der Waals surface area contributed by atoms with Crippen LogP contribution in [0.3, 0.4) is 0 Å². The smallest absolute Gasteiger partial charge is 0.335 e. The summed E-state index contributed by atoms with van der Waals surface area (Å²) >= 11 is 0. The van der Waals surface area contributed by atoms with E-state index in [9.17, 15) is 9.59 Å². The Labute approximate surface area is 134 Å². The van der Waals surface area contributed by atoms with Gasteiger partial charge >= 0.3 is 5.97 Å². The first kappa shape index (κ1) is 16.5. The average Bonchev–Trinajstić information content (AvgIpc) is 2.56. The predicted octanol–water partition coefficient (Wildman–Crippen LogP) is 2.51. The third-order valence-electron chi connectivity index (χ3n) is 3.34. The molecule has 0 unspecified atom stereocenters. The molecule has 5 nitrogen and oxygen atoms in total. The van der Waals surface area contributed by atoms with Crippen molar-refractivity contribution in [1.82, 2.24) is 5.32 Å². The molecule has 0 aliphatic heterocycles. The SMILES string of the molecule is C[C@@H](Oc1ccccc1)C(=O)NCCc1ccc(C(=O)O)cc1. The summed E-state index contributed by atoms with van der Waals surface area (Å²) in [4.78, 5) is 22.7. The largest absolute Gasteiger partial charge is 0.481 e. The van der Waals surface area contributed by atoms with Crippen molar-refractivity contribution < 1.29 is 19.4 Å². The van der Waals surface area contributed by atoms with Crippen LogP contribution in [-0.2, 0) is 11.2 Å². The molecule has 0 heterocycles. The van der Waals surface area contributed by atoms with E-state index in [1.54, 1.807) is 43.3 Å². The number of amides is 1. The Hall–Kier alpha value is -2.82. The van der Waals surface area contributed by atoms with E-state index in [1.165, 1.54) is 0 Å². The highest BCUT2D eigenvalue weighted by Gasteiger charge is 2.13. The number of nitrogens with one attached hydrogen (secondary N) is 1. The zero-order chi connectivity index (χ0) is 16.7. The molecule has 0 spiro atoms. The number of carbonyl (C=O) groups is 2. The van der Waals surface area contributed by atoms with Crippen LogP contribution in [0.25, 0.3) is 0 Å². The molecule has 2 rings (SSSR count). The molecule has 5 heteroatoms. The van der Waals surface area contributed by atoms with E-state index in [1.807, 2.05) is 18.2 Å². The normalized spacial score (nSPS) is 11.5. The first-order chi connectivity index (χ1) is 11.1. The van der Waals surface area contributed by atoms with Crippen molar-refractivity contribution >= 4 is 11.9 Å². The van der Waals surface area contributed by atoms with Crippen molar-refractivity contribution in [1.29, 1.82) is 0 Å². The third kappa shape index (κ3) is 5.14. The summed E-state index contributed by atoms with van der Waals surface area (Å²) in [6, 6.07) is 15.8. The Balaban J connectivity index is 1.76. The fraction of sp³-hybridized carbons (Fsp3) is 0.222. The van der Waals surface area contributed by atoms with Crippen molar-refractivity contribution in [3.8, 4) is 5.75 Å². The highest BCUT2D eigenvalue weighted by molar-refractivity contribution is 5.87. The van der Waals surface area contributed by atoms with E-state index in [4.69, 9.17) is 9.84 Å². The van der Waals surface area contributed by atoms with Crippen LogP contribution in [0.4, 0.5) is 0 Å². The number of carboxylic acids is 1. The minimum absolute atomic E-state index is 0.184. The molecule has 120 valence electrons. The van der Waals surface area contributed by atoms with Gasteiger partial charge in [-0.15, -0.1) is 0 Å². The summed E-state index contributed by atoms with van der Waals surface area (Å²) in [6.07, 6.45) is 0.0516. The third-order valence-corrected chi connectivity index (χ3v) is 3.34. The van der Waals surface area contributed by atoms with Gasteiger partial charge in [0.15, 0.2) is 6.10 Å². The Bertz CT molecular complexity index is 652. The number of aromatic carboxylic acids is 1. The lowest BCUT2D eigenvalue weighted by molar-refractivity contribution is -0.127. The predicted molar refractivity (Wildman–Crippen MR) is 86.6 cm³/mol. The summed E-state index contributed by atoms with van der Waals surface area (Å²) in [7, 11) is 0. The number of hydrogen-bond acceptors (Lipinski definition) is 3. The van der Waals surface area contributed by atoms with Gasteiger partial charge in [-0.25, -0.2) is 4.79 Å². The van der Waals surface area contributed by atoms with Crippen LogP contribution in [0.5, 0.6) is 5.75 Å². The maximum absolute atomic E-state index is 12.0. The highest BCUT2D eigenvalue weighted by atomic mass is 16.5. The zero-order valence-electron chi connectivity index (χ0n) is 12.9. The quantitative estimate of drug-likeness (QED) is 0.823. The van der Waals surface area contributed by atoms with Gasteiger partial charge in [-0.3, -0.25) is 4.79 Å². The van der Waals surface area contributed by atoms with Crippen LogP contribution < -0.4 is 10.1 Å². The van der Waals surface area contributed by atoms with Crippen molar-refractivity contribution in [2.45, 2.75) is 19.4 Å². The van der Waals surface area contributed by atoms with Crippen LogP contribution >= 0.6 is 0 Å². The maximum atomic E-state index is 12.0. The number of carboxylic acid groups (broad SMARTS) is 1. The van der Waals surface area contributed by atoms with Gasteiger partial charge in [-0.2, -0.15) is 0 Å². The van der Waals surface area contributed by atoms with E-state index in [0.717, 1.165) is 5.56 Å². The van der Waals surface area contributed by atoms with Gasteiger partial charge in [-0.1, -0.05) is 30.3 Å². The molecule has 0 aliphatic carbocycles. The van der Waals surface area contributed by atoms with Gasteiger partial charge in [0.1, 0.15) is 5.75 Å². The highest BCUT2D eigenvalue weighted by Crippen LogP contribution is 2.10. The summed E-state index contributed by atoms with van der Waals surface area (Å²) in [5, 5.41) is 11.6. The number of rotatable bonds is 7. The zero-order valence-corrected chi connectivity index (χ0v) is 12.9. The number of carbonyl (C=O) groups excluding carboxylic acids is 1. The second kappa shape index (κ2) is 7.98. The molecule has 0 saturated carbocycles. The summed E-state index contributed by atoms with van der Waals surface area (Å²) < 4.78 is 5.54. The molecule has 0 fully saturated rings. The summed E-state index contributed by atoms with van der Waals surface area (Å²) in [5.41, 5.74) is 1.22. The minimum atomic E-state index is -0.947. The van der Waals surface area contributed by atoms with Crippen LogP contribution in [-0.4, -0.2) is 29.6 Å². The molecule has 2 aromatic rings. The van der Waals surface area contributed by atoms with Crippen molar-refractivity contribution in [3.63, 3.8) is 0 Å². The molecule has 1 amide bonds. The molecule has 0 bridgehead atoms. The standard InChI is InChI=1S/C18H19NO4/c1-13(23-16-5-3-2-4-6-16)17(20)19-12-11-14-7-9-15(10-8-14)18(21)22/h2-10,13H,11-12H2,1H3,(H,19,20)(H,21,22)/t13-/m1/s1. The van der Waals surface area contributed by atoms with Gasteiger partial charge < -0.3 is 15.2 Å². The van der Waals surface area contributed by atoms with E-state index in [2.05, 4.69) is 5.32 Å². The molecular formula is C18H19NO4. The summed E-state index contributed by atoms with van der Waals surface area (Å²) in [6.45, 7) is 2.16. The van der Waals surface area contributed by atoms with Gasteiger partial charge in [0.05, 0.1) is 5.56 Å². The van der Waals surface area contributed by atoms with Crippen molar-refractivity contribution in [2.75, 3.05) is 6.54 Å². The molecular weight excluding hydrogens is 294 g/mol. The molecule has 1 atom stereocenters. The van der Waals surface area contributed by atoms with Gasteiger partial charge in [-0.05, 0) is 43.2 Å². The Morgan fingerprint density at radius 1 is 1.09 bits per heavy atom. The lowest BCUT2D eigenvalue weighted by Gasteiger charge is -2.14. The van der Waals surface area contributed by atoms with E-state index in [0.29, 0.717) is 18.7 Å². The lowest BCUT2D eigenvalue weighted by Crippen LogP contribution is -2.37. The van der Waals surface area contributed by atoms with Gasteiger partial charge in [0.2, 0.25) is 0 Å². The molecule has 0 aromatic heterocycles. The molecule has 0 aliphatic rings. The fourth-order valence-electron chi connectivity index (χ4n) is 2.04. The number of para-hydroxylation sites is 1. The fourth-order valence-corrected chi connectivity index (χ4v) is 2.04. The monoisotopic (exact) mass is 313 g/mol. The number of ether oxygens (including phenoxy) is 1. The second-order valence-electron chi connectivity index (χ2n) is 5.12. The Kier molecular flexibility index (Phi) is 5.74. The number of benzene rings is 2. The van der Waals surface area contributed by atoms with E-state index >= 15 is 0 Å². The van der Waals surface area contributed by atoms with Gasteiger partial charge in [0.25, 0.3) is 5.91 Å². The Morgan fingerprint density at radius 2 is 1.74 bits per heavy atom. The topological polar surface area (TPSA) is 75.6 Å². The maximum Gasteiger partial charge on any atom is 0.335 e. The molecule has 2 N–H and O–H groups in total. The lowest BCUT2D eigenvalue weighted by atomic mass is 10.1. The molecule has 2 aromatic carbocycles. The first-order valence-corrected chi connectivity index (χ1v) is 7.38. The minimum Gasteiger partial charge on any atom is -0.481 e. The van der Waals surface area contributed by atoms with Gasteiger partial charge in [0, 0.05) is 6.54 Å². The molecule has 0 saturated heterocycles. The average molecular weight is 313 g/mol. The van der Waals surface area contributed by atoms with Crippen LogP contribution in [0.2, 0.25) is 0 Å². The molecule has 0 radical (unpaired) electrons. The second-order valence-corrected chi connectivity index (χ2v) is 5.12. The summed E-state index contributed by atoms with van der Waals surface area (Å²) in [5.74, 6) is -0.479. The first-order valence-electron chi connectivity index (χ1n) is 7.38. The van der Waals surface area contributed by atoms with Crippen LogP contribution in [0.1, 0.15) is 22.8 Å². The van der Waals surface area contributed by atoms with E-state index in [-0.39, 0.29) is 11.5 Å².